The maximum absolute atomic E-state index is 13.3. The van der Waals surface area contributed by atoms with Crippen molar-refractivity contribution in [3.05, 3.63) is 60.2 Å². The molecule has 0 spiro atoms. The number of ether oxygens (including phenoxy) is 2. The Kier molecular flexibility index (Phi) is 7.60. The van der Waals surface area contributed by atoms with Crippen LogP contribution in [-0.4, -0.2) is 50.3 Å². The number of nitrogens with zero attached hydrogens (tertiary/aromatic N) is 1. The Hall–Kier alpha value is -2.37. The molecule has 0 aromatic heterocycles. The van der Waals surface area contributed by atoms with Crippen molar-refractivity contribution in [1.29, 1.82) is 0 Å². The first-order chi connectivity index (χ1) is 15.3. The fourth-order valence-electron chi connectivity index (χ4n) is 4.66. The molecule has 2 fully saturated rings. The van der Waals surface area contributed by atoms with E-state index in [2.05, 4.69) is 10.2 Å². The van der Waals surface area contributed by atoms with E-state index in [0.29, 0.717) is 32.7 Å². The number of hydrogen-bond acceptors (Lipinski definition) is 4. The monoisotopic (exact) mass is 422 g/mol. The van der Waals surface area contributed by atoms with Crippen LogP contribution in [0.5, 0.6) is 5.75 Å². The van der Waals surface area contributed by atoms with Crippen molar-refractivity contribution < 1.29 is 14.3 Å². The minimum atomic E-state index is -0.540. The topological polar surface area (TPSA) is 50.8 Å². The minimum Gasteiger partial charge on any atom is -0.492 e. The summed E-state index contributed by atoms with van der Waals surface area (Å²) >= 11 is 0. The van der Waals surface area contributed by atoms with E-state index in [1.807, 2.05) is 54.6 Å². The summed E-state index contributed by atoms with van der Waals surface area (Å²) in [6.07, 6.45) is 6.68. The van der Waals surface area contributed by atoms with Crippen molar-refractivity contribution in [2.75, 3.05) is 44.8 Å². The summed E-state index contributed by atoms with van der Waals surface area (Å²) < 4.78 is 11.5. The number of hydrogen-bond donors (Lipinski definition) is 1. The molecule has 2 heterocycles. The predicted molar refractivity (Wildman–Crippen MR) is 124 cm³/mol. The molecule has 4 rings (SSSR count). The smallest absolute Gasteiger partial charge is 0.235 e. The van der Waals surface area contributed by atoms with Gasteiger partial charge in [0.15, 0.2) is 0 Å². The Morgan fingerprint density at radius 2 is 1.61 bits per heavy atom. The third-order valence-corrected chi connectivity index (χ3v) is 6.59. The molecule has 2 saturated heterocycles. The molecule has 2 aromatic rings. The third kappa shape index (κ3) is 5.66. The number of benzene rings is 2. The molecule has 0 aliphatic carbocycles. The summed E-state index contributed by atoms with van der Waals surface area (Å²) in [5.74, 6) is 0.883. The van der Waals surface area contributed by atoms with Gasteiger partial charge in [0.1, 0.15) is 12.4 Å². The van der Waals surface area contributed by atoms with E-state index in [1.165, 1.54) is 38.8 Å². The first-order valence-electron chi connectivity index (χ1n) is 11.7. The van der Waals surface area contributed by atoms with E-state index in [1.54, 1.807) is 0 Å². The van der Waals surface area contributed by atoms with Gasteiger partial charge in [-0.1, -0.05) is 43.2 Å². The van der Waals surface area contributed by atoms with E-state index < -0.39 is 5.41 Å². The van der Waals surface area contributed by atoms with Crippen molar-refractivity contribution in [2.45, 2.75) is 43.9 Å². The second-order valence-electron chi connectivity index (χ2n) is 8.64. The molecule has 166 valence electrons. The molecule has 0 radical (unpaired) electrons. The Morgan fingerprint density at radius 3 is 2.29 bits per heavy atom. The molecule has 1 amide bonds. The second kappa shape index (κ2) is 10.8. The highest BCUT2D eigenvalue weighted by molar-refractivity contribution is 5.99. The van der Waals surface area contributed by atoms with E-state index in [9.17, 15) is 4.79 Å². The van der Waals surface area contributed by atoms with Gasteiger partial charge in [-0.25, -0.2) is 0 Å². The molecule has 0 saturated carbocycles. The van der Waals surface area contributed by atoms with Crippen LogP contribution >= 0.6 is 0 Å². The highest BCUT2D eigenvalue weighted by Gasteiger charge is 2.41. The molecule has 2 aliphatic rings. The van der Waals surface area contributed by atoms with E-state index in [-0.39, 0.29) is 5.91 Å². The van der Waals surface area contributed by atoms with Gasteiger partial charge in [0.05, 0.1) is 5.41 Å². The van der Waals surface area contributed by atoms with Crippen molar-refractivity contribution in [3.8, 4) is 5.75 Å². The summed E-state index contributed by atoms with van der Waals surface area (Å²) in [5.41, 5.74) is 1.32. The van der Waals surface area contributed by atoms with E-state index in [4.69, 9.17) is 9.47 Å². The average molecular weight is 423 g/mol. The van der Waals surface area contributed by atoms with Crippen LogP contribution < -0.4 is 10.1 Å². The van der Waals surface area contributed by atoms with Crippen LogP contribution in [0, 0.1) is 0 Å². The zero-order valence-electron chi connectivity index (χ0n) is 18.4. The van der Waals surface area contributed by atoms with Gasteiger partial charge >= 0.3 is 0 Å². The molecule has 5 nitrogen and oxygen atoms in total. The standard InChI is InChI=1S/C26H34N2O3/c29-25(26(14-19-30-20-15-26)22-8-4-3-5-9-22)27-23-10-12-24(13-11-23)31-21-18-28-16-6-1-2-7-17-28/h3-5,8-13H,1-2,6-7,14-21H2,(H,27,29). The van der Waals surface area contributed by atoms with E-state index >= 15 is 0 Å². The molecular formula is C26H34N2O3. The van der Waals surface area contributed by atoms with Crippen molar-refractivity contribution in [1.82, 2.24) is 4.90 Å². The molecule has 0 atom stereocenters. The quantitative estimate of drug-likeness (QED) is 0.707. The Bertz CT molecular complexity index is 808. The number of carbonyl (C=O) groups excluding carboxylic acids is 1. The lowest BCUT2D eigenvalue weighted by Crippen LogP contribution is -2.44. The van der Waals surface area contributed by atoms with Crippen LogP contribution in [0.1, 0.15) is 44.1 Å². The second-order valence-corrected chi connectivity index (χ2v) is 8.64. The van der Waals surface area contributed by atoms with Crippen molar-refractivity contribution >= 4 is 11.6 Å². The molecule has 0 bridgehead atoms. The Balaban J connectivity index is 1.33. The number of nitrogens with one attached hydrogen (secondary N) is 1. The third-order valence-electron chi connectivity index (χ3n) is 6.59. The average Bonchev–Trinajstić information content (AvgIpc) is 3.10. The van der Waals surface area contributed by atoms with Gasteiger partial charge in [-0.3, -0.25) is 9.69 Å². The first-order valence-corrected chi connectivity index (χ1v) is 11.7. The number of anilines is 1. The van der Waals surface area contributed by atoms with Crippen LogP contribution in [0.2, 0.25) is 0 Å². The summed E-state index contributed by atoms with van der Waals surface area (Å²) in [5, 5.41) is 3.13. The fraction of sp³-hybridized carbons (Fsp3) is 0.500. The van der Waals surface area contributed by atoms with Crippen LogP contribution in [0.25, 0.3) is 0 Å². The summed E-state index contributed by atoms with van der Waals surface area (Å²) in [7, 11) is 0. The Morgan fingerprint density at radius 1 is 0.935 bits per heavy atom. The number of likely N-dealkylation sites (tertiary alicyclic amines) is 1. The summed E-state index contributed by atoms with van der Waals surface area (Å²) in [6.45, 7) is 5.24. The predicted octanol–water partition coefficient (Wildman–Crippen LogP) is 4.63. The van der Waals surface area contributed by atoms with Gasteiger partial charge in [-0.05, 0) is 68.6 Å². The zero-order valence-corrected chi connectivity index (χ0v) is 18.4. The van der Waals surface area contributed by atoms with Crippen molar-refractivity contribution in [2.24, 2.45) is 0 Å². The fourth-order valence-corrected chi connectivity index (χ4v) is 4.66. The lowest BCUT2D eigenvalue weighted by molar-refractivity contribution is -0.125. The molecule has 1 N–H and O–H groups in total. The van der Waals surface area contributed by atoms with Gasteiger partial charge < -0.3 is 14.8 Å². The maximum atomic E-state index is 13.3. The summed E-state index contributed by atoms with van der Waals surface area (Å²) in [6, 6.07) is 17.8. The lowest BCUT2D eigenvalue weighted by Gasteiger charge is -2.36. The van der Waals surface area contributed by atoms with E-state index in [0.717, 1.165) is 23.5 Å². The molecular weight excluding hydrogens is 388 g/mol. The van der Waals surface area contributed by atoms with Gasteiger partial charge in [0, 0.05) is 25.4 Å². The SMILES string of the molecule is O=C(Nc1ccc(OCCN2CCCCCC2)cc1)C1(c2ccccc2)CCOCC1. The maximum Gasteiger partial charge on any atom is 0.235 e. The largest absolute Gasteiger partial charge is 0.492 e. The van der Waals surface area contributed by atoms with Crippen molar-refractivity contribution in [3.63, 3.8) is 0 Å². The Labute approximate surface area is 185 Å². The van der Waals surface area contributed by atoms with Crippen LogP contribution in [0.3, 0.4) is 0 Å². The van der Waals surface area contributed by atoms with Gasteiger partial charge in [-0.15, -0.1) is 0 Å². The first kappa shape index (κ1) is 21.8. The number of amides is 1. The van der Waals surface area contributed by atoms with Gasteiger partial charge in [0.2, 0.25) is 5.91 Å². The summed E-state index contributed by atoms with van der Waals surface area (Å²) in [4.78, 5) is 15.8. The molecule has 2 aromatic carbocycles. The van der Waals surface area contributed by atoms with Gasteiger partial charge in [-0.2, -0.15) is 0 Å². The zero-order chi connectivity index (χ0) is 21.4. The van der Waals surface area contributed by atoms with Crippen LogP contribution in [0.15, 0.2) is 54.6 Å². The molecule has 31 heavy (non-hydrogen) atoms. The van der Waals surface area contributed by atoms with Crippen LogP contribution in [-0.2, 0) is 14.9 Å². The minimum absolute atomic E-state index is 0.0387. The number of carbonyl (C=O) groups is 1. The highest BCUT2D eigenvalue weighted by atomic mass is 16.5. The molecule has 5 heteroatoms. The van der Waals surface area contributed by atoms with Crippen LogP contribution in [0.4, 0.5) is 5.69 Å². The normalized spacial score (nSPS) is 19.4. The molecule has 0 unspecified atom stereocenters. The highest BCUT2D eigenvalue weighted by Crippen LogP contribution is 2.36. The lowest BCUT2D eigenvalue weighted by atomic mass is 9.73. The van der Waals surface area contributed by atoms with Gasteiger partial charge in [0.25, 0.3) is 0 Å². The molecule has 2 aliphatic heterocycles. The number of rotatable bonds is 7.